The van der Waals surface area contributed by atoms with Crippen molar-refractivity contribution in [3.8, 4) is 0 Å². The number of rotatable bonds is 9. The highest BCUT2D eigenvalue weighted by molar-refractivity contribution is 5.73. The van der Waals surface area contributed by atoms with Crippen molar-refractivity contribution in [3.05, 3.63) is 0 Å². The van der Waals surface area contributed by atoms with Crippen LogP contribution in [0.25, 0.3) is 0 Å². The number of ether oxygens (including phenoxy) is 7. The highest BCUT2D eigenvalue weighted by Crippen LogP contribution is 2.35. The van der Waals surface area contributed by atoms with Gasteiger partial charge in [0, 0.05) is 13.3 Å². The van der Waals surface area contributed by atoms with Crippen LogP contribution in [-0.2, 0) is 38.0 Å². The van der Waals surface area contributed by atoms with Crippen LogP contribution in [0.5, 0.6) is 0 Å². The summed E-state index contributed by atoms with van der Waals surface area (Å²) in [6, 6.07) is -1.50. The number of aliphatic hydroxyl groups excluding tert-OH is 10. The van der Waals surface area contributed by atoms with E-state index in [1.165, 1.54) is 6.92 Å². The maximum absolute atomic E-state index is 12.2. The smallest absolute Gasteiger partial charge is 0.217 e. The summed E-state index contributed by atoms with van der Waals surface area (Å²) < 4.78 is 40.1. The molecule has 11 N–H and O–H groups in total. The van der Waals surface area contributed by atoms with Gasteiger partial charge in [0.2, 0.25) is 5.91 Å². The third kappa shape index (κ3) is 7.92. The molecule has 0 spiro atoms. The summed E-state index contributed by atoms with van der Waals surface area (Å²) in [7, 11) is 0. The van der Waals surface area contributed by atoms with Gasteiger partial charge in [-0.15, -0.1) is 0 Å². The van der Waals surface area contributed by atoms with Crippen molar-refractivity contribution in [1.29, 1.82) is 0 Å². The molecule has 262 valence electrons. The molecule has 0 saturated carbocycles. The molecule has 19 atom stereocenters. The van der Waals surface area contributed by atoms with Crippen molar-refractivity contribution in [2.45, 2.75) is 144 Å². The maximum Gasteiger partial charge on any atom is 0.217 e. The molecule has 1 amide bonds. The minimum absolute atomic E-state index is 0.0687. The van der Waals surface area contributed by atoms with E-state index in [0.29, 0.717) is 0 Å². The molecular formula is C26H45NO18. The Balaban J connectivity index is 1.69. The SMILES string of the molecule is CC(=O)N[C@H]1C(O)O[C@H](CO)[C@@H](O[C@@H]2O[C@@H](C)[C@@H](O)[C@@H](O)[C@@H]2O)[C@@H]1O[C@@H]1O[C@H](CO)[C@H](O)[C@H](O)[C@H]1O[C@@H]1O[C@@H](C)C[C@@H](O)[C@@H]1O. The van der Waals surface area contributed by atoms with Gasteiger partial charge in [-0.25, -0.2) is 0 Å². The van der Waals surface area contributed by atoms with E-state index >= 15 is 0 Å². The van der Waals surface area contributed by atoms with Crippen molar-refractivity contribution in [2.75, 3.05) is 13.2 Å². The van der Waals surface area contributed by atoms with Crippen LogP contribution in [0.4, 0.5) is 0 Å². The number of amides is 1. The Morgan fingerprint density at radius 3 is 1.89 bits per heavy atom. The quantitative estimate of drug-likeness (QED) is 0.110. The summed E-state index contributed by atoms with van der Waals surface area (Å²) in [5.41, 5.74) is 0. The number of hydrogen-bond donors (Lipinski definition) is 11. The standard InChI is InChI=1S/C26H45NO18/c1-7-4-10(31)15(33)24(39-7)45-22-18(36)16(34)11(5-28)42-26(22)44-21-13(27-9(3)30)23(38)41-12(6-29)20(21)43-25-19(37)17(35)14(32)8(2)40-25/h7-8,10-26,28-29,31-38H,4-6H2,1-3H3,(H,27,30)/t7-,8-,10+,11+,12+,13+,14+,15-,16-,17+,18-,19-,20+,21+,22+,23?,24-,25-,26-/m0/s1. The summed E-state index contributed by atoms with van der Waals surface area (Å²) in [6.07, 6.45) is -27.7. The minimum atomic E-state index is -1.86. The lowest BCUT2D eigenvalue weighted by Crippen LogP contribution is -2.70. The van der Waals surface area contributed by atoms with Crippen molar-refractivity contribution in [2.24, 2.45) is 0 Å². The van der Waals surface area contributed by atoms with Gasteiger partial charge in [-0.1, -0.05) is 0 Å². The molecule has 19 nitrogen and oxygen atoms in total. The lowest BCUT2D eigenvalue weighted by molar-refractivity contribution is -0.387. The van der Waals surface area contributed by atoms with E-state index in [0.717, 1.165) is 6.92 Å². The van der Waals surface area contributed by atoms with Crippen LogP contribution in [0.1, 0.15) is 27.2 Å². The van der Waals surface area contributed by atoms with Crippen LogP contribution in [0.15, 0.2) is 0 Å². The zero-order chi connectivity index (χ0) is 33.3. The molecule has 19 heteroatoms. The second-order valence-electron chi connectivity index (χ2n) is 11.8. The lowest BCUT2D eigenvalue weighted by atomic mass is 9.94. The first-order chi connectivity index (χ1) is 21.2. The first-order valence-corrected chi connectivity index (χ1v) is 14.7. The molecule has 4 aliphatic rings. The largest absolute Gasteiger partial charge is 0.394 e. The Kier molecular flexibility index (Phi) is 12.5. The summed E-state index contributed by atoms with van der Waals surface area (Å²) in [4.78, 5) is 12.2. The Hall–Kier alpha value is -1.21. The lowest BCUT2D eigenvalue weighted by Gasteiger charge is -2.50. The number of hydrogen-bond acceptors (Lipinski definition) is 18. The molecule has 0 aromatic heterocycles. The predicted octanol–water partition coefficient (Wildman–Crippen LogP) is -6.52. The Labute approximate surface area is 257 Å². The summed E-state index contributed by atoms with van der Waals surface area (Å²) >= 11 is 0. The van der Waals surface area contributed by atoms with E-state index in [2.05, 4.69) is 5.32 Å². The van der Waals surface area contributed by atoms with Crippen molar-refractivity contribution in [1.82, 2.24) is 5.32 Å². The fourth-order valence-corrected chi connectivity index (χ4v) is 5.82. The molecule has 0 aromatic carbocycles. The molecule has 0 radical (unpaired) electrons. The average molecular weight is 660 g/mol. The highest BCUT2D eigenvalue weighted by atomic mass is 16.8. The van der Waals surface area contributed by atoms with Gasteiger partial charge in [-0.05, 0) is 13.8 Å². The van der Waals surface area contributed by atoms with Gasteiger partial charge < -0.3 is 89.5 Å². The van der Waals surface area contributed by atoms with Gasteiger partial charge in [-0.3, -0.25) is 4.79 Å². The van der Waals surface area contributed by atoms with E-state index in [-0.39, 0.29) is 6.42 Å². The molecule has 0 aliphatic carbocycles. The predicted molar refractivity (Wildman–Crippen MR) is 141 cm³/mol. The zero-order valence-electron chi connectivity index (χ0n) is 24.8. The number of carbonyl (C=O) groups is 1. The summed E-state index contributed by atoms with van der Waals surface area (Å²) in [5.74, 6) is -0.679. The molecule has 0 bridgehead atoms. The summed E-state index contributed by atoms with van der Waals surface area (Å²) in [5, 5.41) is 107. The Bertz CT molecular complexity index is 965. The third-order valence-electron chi connectivity index (χ3n) is 8.34. The Morgan fingerprint density at radius 1 is 0.667 bits per heavy atom. The second-order valence-corrected chi connectivity index (χ2v) is 11.8. The Morgan fingerprint density at radius 2 is 1.27 bits per heavy atom. The maximum atomic E-state index is 12.2. The van der Waals surface area contributed by atoms with Crippen LogP contribution in [0.3, 0.4) is 0 Å². The van der Waals surface area contributed by atoms with Crippen LogP contribution >= 0.6 is 0 Å². The molecule has 4 saturated heterocycles. The number of nitrogens with one attached hydrogen (secondary N) is 1. The highest BCUT2D eigenvalue weighted by Gasteiger charge is 2.55. The van der Waals surface area contributed by atoms with Crippen molar-refractivity contribution < 1.29 is 89.0 Å². The van der Waals surface area contributed by atoms with Gasteiger partial charge in [0.05, 0.1) is 31.5 Å². The fraction of sp³-hybridized carbons (Fsp3) is 0.962. The van der Waals surface area contributed by atoms with Gasteiger partial charge >= 0.3 is 0 Å². The van der Waals surface area contributed by atoms with Gasteiger partial charge in [-0.2, -0.15) is 0 Å². The zero-order valence-corrected chi connectivity index (χ0v) is 24.8. The average Bonchev–Trinajstić information content (AvgIpc) is 2.99. The van der Waals surface area contributed by atoms with Crippen LogP contribution in [-0.4, -0.2) is 187 Å². The normalized spacial score (nSPS) is 51.1. The minimum Gasteiger partial charge on any atom is -0.394 e. The summed E-state index contributed by atoms with van der Waals surface area (Å²) in [6.45, 7) is 2.48. The molecule has 4 rings (SSSR count). The van der Waals surface area contributed by atoms with Crippen molar-refractivity contribution >= 4 is 5.91 Å². The molecule has 4 heterocycles. The molecule has 4 fully saturated rings. The van der Waals surface area contributed by atoms with Crippen LogP contribution in [0, 0.1) is 0 Å². The van der Waals surface area contributed by atoms with Crippen molar-refractivity contribution in [3.63, 3.8) is 0 Å². The topological polar surface area (TPSA) is 296 Å². The molecule has 4 aliphatic heterocycles. The van der Waals surface area contributed by atoms with Crippen LogP contribution < -0.4 is 5.32 Å². The van der Waals surface area contributed by atoms with Gasteiger partial charge in [0.1, 0.15) is 73.2 Å². The van der Waals surface area contributed by atoms with E-state index in [1.807, 2.05) is 0 Å². The molecular weight excluding hydrogens is 614 g/mol. The van der Waals surface area contributed by atoms with E-state index < -0.39 is 136 Å². The first kappa shape index (κ1) is 36.6. The van der Waals surface area contributed by atoms with E-state index in [1.54, 1.807) is 6.92 Å². The fourth-order valence-electron chi connectivity index (χ4n) is 5.82. The monoisotopic (exact) mass is 659 g/mol. The third-order valence-corrected chi connectivity index (χ3v) is 8.34. The molecule has 45 heavy (non-hydrogen) atoms. The van der Waals surface area contributed by atoms with Gasteiger partial charge in [0.15, 0.2) is 25.2 Å². The number of aliphatic hydroxyl groups is 10. The second kappa shape index (κ2) is 15.3. The molecule has 0 aromatic rings. The van der Waals surface area contributed by atoms with Crippen LogP contribution in [0.2, 0.25) is 0 Å². The van der Waals surface area contributed by atoms with E-state index in [4.69, 9.17) is 33.2 Å². The molecule has 1 unspecified atom stereocenters. The van der Waals surface area contributed by atoms with E-state index in [9.17, 15) is 55.9 Å². The first-order valence-electron chi connectivity index (χ1n) is 14.7. The number of carbonyl (C=O) groups excluding carboxylic acids is 1. The van der Waals surface area contributed by atoms with Gasteiger partial charge in [0.25, 0.3) is 0 Å².